The summed E-state index contributed by atoms with van der Waals surface area (Å²) < 4.78 is 0. The van der Waals surface area contributed by atoms with Gasteiger partial charge in [0.2, 0.25) is 59.1 Å². The highest BCUT2D eigenvalue weighted by Gasteiger charge is 2.45. The second kappa shape index (κ2) is 37.4. The highest BCUT2D eigenvalue weighted by Crippen LogP contribution is 2.25. The number of likely N-dealkylation sites (N-methyl/N-ethyl adjacent to an activating group) is 1. The lowest BCUT2D eigenvalue weighted by Crippen LogP contribution is -2.62. The van der Waals surface area contributed by atoms with E-state index >= 15 is 19.2 Å². The van der Waals surface area contributed by atoms with Gasteiger partial charge in [-0.25, -0.2) is 0 Å². The molecule has 4 aromatic rings. The Balaban J connectivity index is 1.28. The van der Waals surface area contributed by atoms with Crippen molar-refractivity contribution in [2.45, 2.75) is 193 Å². The average Bonchev–Trinajstić information content (AvgIpc) is 1.78. The molecular formula is C73H100N14O12. The fourth-order valence-electron chi connectivity index (χ4n) is 12.7. The topological polar surface area (TPSA) is 349 Å². The van der Waals surface area contributed by atoms with Crippen LogP contribution >= 0.6 is 0 Å². The molecule has 12 amide bonds. The first-order chi connectivity index (χ1) is 47.3. The first kappa shape index (κ1) is 76.7. The Bertz CT molecular complexity index is 3420. The summed E-state index contributed by atoms with van der Waals surface area (Å²) in [5.74, 6) is -9.51. The van der Waals surface area contributed by atoms with E-state index in [1.807, 2.05) is 27.7 Å². The van der Waals surface area contributed by atoms with Gasteiger partial charge in [0.05, 0.1) is 0 Å². The Morgan fingerprint density at radius 1 is 0.444 bits per heavy atom. The molecule has 3 aliphatic rings. The predicted octanol–water partition coefficient (Wildman–Crippen LogP) is 3.30. The van der Waals surface area contributed by atoms with E-state index in [9.17, 15) is 38.4 Å². The molecule has 10 atom stereocenters. The molecule has 0 spiro atoms. The largest absolute Gasteiger partial charge is 0.351 e. The summed E-state index contributed by atoms with van der Waals surface area (Å²) in [6.07, 6.45) is 4.35. The van der Waals surface area contributed by atoms with E-state index in [2.05, 4.69) is 57.8 Å². The van der Waals surface area contributed by atoms with Crippen molar-refractivity contribution < 1.29 is 57.5 Å². The normalized spacial score (nSPS) is 23.9. The summed E-state index contributed by atoms with van der Waals surface area (Å²) in [6.45, 7) is 14.5. The molecule has 0 bridgehead atoms. The van der Waals surface area contributed by atoms with Gasteiger partial charge in [0, 0.05) is 58.5 Å². The van der Waals surface area contributed by atoms with Crippen molar-refractivity contribution in [1.82, 2.24) is 72.5 Å². The van der Waals surface area contributed by atoms with Gasteiger partial charge < -0.3 is 62.6 Å². The minimum Gasteiger partial charge on any atom is -0.351 e. The number of amides is 12. The highest BCUT2D eigenvalue weighted by atomic mass is 16.2. The Kier molecular flexibility index (Phi) is 29.0. The lowest BCUT2D eigenvalue weighted by atomic mass is 9.98. The molecule has 3 fully saturated rings. The Labute approximate surface area is 580 Å². The van der Waals surface area contributed by atoms with Crippen LogP contribution in [0.2, 0.25) is 0 Å². The Morgan fingerprint density at radius 3 is 1.27 bits per heavy atom. The van der Waals surface area contributed by atoms with E-state index in [4.69, 9.17) is 0 Å². The number of hydrogen-bond donors (Lipinski definition) is 9. The molecular weight excluding hydrogens is 1260 g/mol. The zero-order chi connectivity index (χ0) is 71.9. The monoisotopic (exact) mass is 1360 g/mol. The molecule has 0 aliphatic carbocycles. The summed E-state index contributed by atoms with van der Waals surface area (Å²) in [7, 11) is 1.46. The molecule has 99 heavy (non-hydrogen) atoms. The third-order valence-electron chi connectivity index (χ3n) is 18.1. The van der Waals surface area contributed by atoms with E-state index in [0.29, 0.717) is 24.0 Å². The maximum absolute atomic E-state index is 15.4. The number of rotatable bonds is 20. The van der Waals surface area contributed by atoms with Crippen molar-refractivity contribution in [2.24, 2.45) is 23.7 Å². The number of carbonyl (C=O) groups excluding carboxylic acids is 12. The number of carbonyl (C=O) groups is 12. The van der Waals surface area contributed by atoms with Crippen molar-refractivity contribution in [3.63, 3.8) is 0 Å². The molecule has 2 aromatic heterocycles. The van der Waals surface area contributed by atoms with Crippen LogP contribution in [-0.2, 0) is 60.8 Å². The minimum absolute atomic E-state index is 0.00561. The van der Waals surface area contributed by atoms with E-state index in [0.717, 1.165) is 0 Å². The number of fused-ring (bicyclic) bond motifs is 2. The van der Waals surface area contributed by atoms with Crippen LogP contribution in [0.5, 0.6) is 0 Å². The third-order valence-corrected chi connectivity index (χ3v) is 18.1. The van der Waals surface area contributed by atoms with Crippen molar-refractivity contribution in [3.8, 4) is 0 Å². The number of benzene rings is 2. The summed E-state index contributed by atoms with van der Waals surface area (Å²) in [5.41, 5.74) is 1.67. The lowest BCUT2D eigenvalue weighted by Gasteiger charge is -2.36. The van der Waals surface area contributed by atoms with Crippen molar-refractivity contribution in [2.75, 3.05) is 33.2 Å². The van der Waals surface area contributed by atoms with Gasteiger partial charge in [0.25, 0.3) is 11.8 Å². The fraction of sp³-hybridized carbons (Fsp3) is 0.534. The number of nitrogens with zero attached hydrogens (tertiary/aromatic N) is 5. The van der Waals surface area contributed by atoms with Crippen LogP contribution in [0.25, 0.3) is 0 Å². The first-order valence-electron chi connectivity index (χ1n) is 34.8. The van der Waals surface area contributed by atoms with Gasteiger partial charge in [0.15, 0.2) is 0 Å². The summed E-state index contributed by atoms with van der Waals surface area (Å²) in [4.78, 5) is 189. The zero-order valence-corrected chi connectivity index (χ0v) is 58.4. The molecule has 9 N–H and O–H groups in total. The van der Waals surface area contributed by atoms with Gasteiger partial charge in [-0.05, 0) is 123 Å². The Hall–Kier alpha value is -9.62. The van der Waals surface area contributed by atoms with E-state index < -0.39 is 143 Å². The van der Waals surface area contributed by atoms with Crippen LogP contribution in [0.15, 0.2) is 109 Å². The molecule has 26 heteroatoms. The quantitative estimate of drug-likeness (QED) is 0.0574. The maximum atomic E-state index is 15.4. The van der Waals surface area contributed by atoms with Crippen LogP contribution < -0.4 is 47.9 Å². The number of aromatic nitrogens is 2. The molecule has 26 nitrogen and oxygen atoms in total. The van der Waals surface area contributed by atoms with Gasteiger partial charge >= 0.3 is 0 Å². The molecule has 0 radical (unpaired) electrons. The number of hydrogen-bond acceptors (Lipinski definition) is 14. The fourth-order valence-corrected chi connectivity index (χ4v) is 12.7. The van der Waals surface area contributed by atoms with Crippen molar-refractivity contribution >= 4 is 70.9 Å². The maximum Gasteiger partial charge on any atom is 0.269 e. The number of nitrogens with one attached hydrogen (secondary N) is 9. The van der Waals surface area contributed by atoms with Crippen LogP contribution in [0.1, 0.15) is 152 Å². The Morgan fingerprint density at radius 2 is 0.838 bits per heavy atom. The van der Waals surface area contributed by atoms with E-state index in [-0.39, 0.29) is 114 Å². The summed E-state index contributed by atoms with van der Waals surface area (Å²) >= 11 is 0. The average molecular weight is 1370 g/mol. The highest BCUT2D eigenvalue weighted by molar-refractivity contribution is 6.00. The molecule has 2 aromatic carbocycles. The van der Waals surface area contributed by atoms with E-state index in [1.54, 1.807) is 125 Å². The predicted molar refractivity (Wildman–Crippen MR) is 370 cm³/mol. The van der Waals surface area contributed by atoms with Crippen molar-refractivity contribution in [3.05, 3.63) is 132 Å². The second-order valence-electron chi connectivity index (χ2n) is 27.5. The molecule has 5 heterocycles. The van der Waals surface area contributed by atoms with Crippen LogP contribution in [0, 0.1) is 23.7 Å². The summed E-state index contributed by atoms with van der Waals surface area (Å²) in [6, 6.07) is 15.0. The van der Waals surface area contributed by atoms with Gasteiger partial charge in [-0.2, -0.15) is 0 Å². The standard InChI is InChI=1S/C73H100N14O12/c1-44(2)40-54-66(92)82-56(42-48-24-12-10-13-25-48)72(98)86-38-22-32-57(86)67(93)83-60(46(5)6)70(96)79-53(31-21-37-77-63(89)51-29-17-19-35-75-51)65(91)81-55(41-45(3)4)71(97)85(9)59(43-49-26-14-11-15-27-49)73(99)87-39-23-33-58(87)68(94)84-61(47(7)8)69(95)78-52(64(90)80-54)30-20-36-76-62(88)50-28-16-18-34-74-50/h10-19,24-29,34-35,44-47,52-61H,20-23,30-33,36-43H2,1-9H3,(H,76,88)(H,77,89)(H,78,95)(H,79,96)(H,80,90)(H,81,91)(H,82,92)(H,83,93)(H,84,94)/t52-,53-,54-,55-,56+,57-,58-,59+,60-,61-/m0/s1. The zero-order valence-electron chi connectivity index (χ0n) is 58.4. The van der Waals surface area contributed by atoms with E-state index in [1.165, 1.54) is 34.1 Å². The molecule has 3 saturated heterocycles. The van der Waals surface area contributed by atoms with Gasteiger partial charge in [0.1, 0.15) is 71.8 Å². The van der Waals surface area contributed by atoms with Crippen LogP contribution in [0.4, 0.5) is 0 Å². The smallest absolute Gasteiger partial charge is 0.269 e. The molecule has 0 unspecified atom stereocenters. The lowest BCUT2D eigenvalue weighted by molar-refractivity contribution is -0.149. The first-order valence-corrected chi connectivity index (χ1v) is 34.8. The van der Waals surface area contributed by atoms with Crippen LogP contribution in [-0.4, -0.2) is 189 Å². The molecule has 534 valence electrons. The molecule has 0 saturated carbocycles. The summed E-state index contributed by atoms with van der Waals surface area (Å²) in [5, 5.41) is 25.7. The van der Waals surface area contributed by atoms with Crippen molar-refractivity contribution in [1.29, 1.82) is 0 Å². The number of pyridine rings is 2. The van der Waals surface area contributed by atoms with Gasteiger partial charge in [-0.3, -0.25) is 67.5 Å². The minimum atomic E-state index is -1.36. The third kappa shape index (κ3) is 22.2. The molecule has 7 rings (SSSR count). The van der Waals surface area contributed by atoms with Gasteiger partial charge in [-0.1, -0.05) is 128 Å². The second-order valence-corrected chi connectivity index (χ2v) is 27.5. The SMILES string of the molecule is CC(C)C[C@@H]1NC(=O)[C@H](CCCNC(=O)c2ccccn2)NC(=O)[C@H](C(C)C)NC(=O)[C@@H]2CCCN2C(=O)[C@@H](Cc2ccccc2)N(C)C(=O)[C@H](CC(C)C)NC(=O)[C@H](CCCNC(=O)c2ccccn2)NC(=O)[C@H](C(C)C)NC(=O)[C@@H]2CCCN2C(=O)[C@@H](Cc2ccccc2)NC1=O. The van der Waals surface area contributed by atoms with Crippen LogP contribution in [0.3, 0.4) is 0 Å². The molecule has 3 aliphatic heterocycles. The van der Waals surface area contributed by atoms with Gasteiger partial charge in [-0.15, -0.1) is 0 Å².